The fraction of sp³-hybridized carbons (Fsp3) is 0.733. The molecular weight excluding hydrogens is 981 g/mol. The molecule has 0 saturated heterocycles. The lowest BCUT2D eigenvalue weighted by atomic mass is 9.96. The Morgan fingerprint density at radius 1 is 0.473 bits per heavy atom. The first-order valence-corrected chi connectivity index (χ1v) is 24.4. The van der Waals surface area contributed by atoms with E-state index in [9.17, 15) is 78.0 Å². The zero-order chi connectivity index (χ0) is 56.8. The highest BCUT2D eigenvalue weighted by atomic mass is 16.4. The van der Waals surface area contributed by atoms with Crippen LogP contribution in [0.15, 0.2) is 0 Å². The standard InChI is InChI=1S/C45H80N12O17/c1-7-23(4)35(56-38(66)26(48)14-15-33(62)63)42(70)52-27(12-8-10-16-46)39(67)49-21-32(61)55-36(24(5)58)44(72)57-37(25(6)59)43(71)54-30(19-34(64)65)41(69)53-29(18-22(2)3)40(68)50-20-31(60)51-28(45(73)74)13-9-11-17-47/h22-30,35-37,58-59H,7-21,46-48H2,1-6H3,(H,49,67)(H,50,68)(H,51,60)(H,52,70)(H,53,69)(H,54,71)(H,55,61)(H,56,66)(H,57,72)(H,62,63)(H,64,65)(H,73,74). The van der Waals surface area contributed by atoms with Crippen LogP contribution in [-0.4, -0.2) is 183 Å². The van der Waals surface area contributed by atoms with E-state index in [1.807, 2.05) is 0 Å². The highest BCUT2D eigenvalue weighted by molar-refractivity contribution is 5.98. The Bertz CT molecular complexity index is 1910. The average molecular weight is 1060 g/mol. The van der Waals surface area contributed by atoms with Gasteiger partial charge in [0.1, 0.15) is 42.3 Å². The number of aliphatic hydroxyl groups is 2. The predicted molar refractivity (Wildman–Crippen MR) is 262 cm³/mol. The number of carboxylic acid groups (broad SMARTS) is 3. The second-order valence-electron chi connectivity index (χ2n) is 18.3. The Balaban J connectivity index is 6.08. The quantitative estimate of drug-likeness (QED) is 0.0257. The zero-order valence-corrected chi connectivity index (χ0v) is 42.9. The van der Waals surface area contributed by atoms with Gasteiger partial charge in [0.15, 0.2) is 0 Å². The number of nitrogens with one attached hydrogen (secondary N) is 9. The number of hydrogen-bond acceptors (Lipinski definition) is 17. The van der Waals surface area contributed by atoms with E-state index in [2.05, 4.69) is 47.9 Å². The summed E-state index contributed by atoms with van der Waals surface area (Å²) in [6.07, 6.45) is -3.04. The van der Waals surface area contributed by atoms with Crippen molar-refractivity contribution in [3.8, 4) is 0 Å². The summed E-state index contributed by atoms with van der Waals surface area (Å²) in [7, 11) is 0. The van der Waals surface area contributed by atoms with Crippen LogP contribution in [-0.2, 0) is 57.5 Å². The number of nitrogens with two attached hydrogens (primary N) is 3. The normalized spacial score (nSPS) is 15.6. The van der Waals surface area contributed by atoms with Gasteiger partial charge in [-0.3, -0.25) is 52.7 Å². The number of aliphatic carboxylic acids is 3. The van der Waals surface area contributed by atoms with Crippen molar-refractivity contribution >= 4 is 71.1 Å². The van der Waals surface area contributed by atoms with Crippen molar-refractivity contribution in [2.75, 3.05) is 26.2 Å². The van der Waals surface area contributed by atoms with Gasteiger partial charge in [-0.05, 0) is 90.1 Å². The van der Waals surface area contributed by atoms with Crippen LogP contribution in [0.5, 0.6) is 0 Å². The van der Waals surface area contributed by atoms with Crippen molar-refractivity contribution in [1.82, 2.24) is 47.9 Å². The van der Waals surface area contributed by atoms with Crippen LogP contribution in [0.25, 0.3) is 0 Å². The lowest BCUT2D eigenvalue weighted by Gasteiger charge is -2.28. The van der Waals surface area contributed by atoms with Crippen molar-refractivity contribution in [2.24, 2.45) is 29.0 Å². The van der Waals surface area contributed by atoms with Gasteiger partial charge >= 0.3 is 17.9 Å². The van der Waals surface area contributed by atoms with Crippen LogP contribution in [0.2, 0.25) is 0 Å². The number of carbonyl (C=O) groups excluding carboxylic acids is 9. The van der Waals surface area contributed by atoms with E-state index in [1.54, 1.807) is 27.7 Å². The van der Waals surface area contributed by atoms with E-state index in [4.69, 9.17) is 22.3 Å². The van der Waals surface area contributed by atoms with Crippen LogP contribution < -0.4 is 65.1 Å². The highest BCUT2D eigenvalue weighted by Crippen LogP contribution is 2.12. The lowest BCUT2D eigenvalue weighted by Crippen LogP contribution is -2.62. The van der Waals surface area contributed by atoms with E-state index < -0.39 is 163 Å². The van der Waals surface area contributed by atoms with Gasteiger partial charge < -0.3 is 90.6 Å². The molecule has 74 heavy (non-hydrogen) atoms. The van der Waals surface area contributed by atoms with E-state index in [1.165, 1.54) is 0 Å². The summed E-state index contributed by atoms with van der Waals surface area (Å²) in [4.78, 5) is 154. The minimum absolute atomic E-state index is 0.0226. The first-order chi connectivity index (χ1) is 34.6. The molecule has 11 unspecified atom stereocenters. The molecule has 0 aliphatic heterocycles. The Morgan fingerprint density at radius 2 is 0.919 bits per heavy atom. The molecule has 20 N–H and O–H groups in total. The Hall–Kier alpha value is -6.56. The maximum Gasteiger partial charge on any atom is 0.326 e. The van der Waals surface area contributed by atoms with Gasteiger partial charge in [-0.25, -0.2) is 4.79 Å². The molecule has 0 aliphatic rings. The molecule has 11 atom stereocenters. The van der Waals surface area contributed by atoms with Gasteiger partial charge in [-0.15, -0.1) is 0 Å². The van der Waals surface area contributed by atoms with Crippen molar-refractivity contribution in [2.45, 2.75) is 173 Å². The number of amides is 9. The van der Waals surface area contributed by atoms with E-state index >= 15 is 0 Å². The average Bonchev–Trinajstić information content (AvgIpc) is 3.31. The monoisotopic (exact) mass is 1060 g/mol. The highest BCUT2D eigenvalue weighted by Gasteiger charge is 2.37. The molecular formula is C45H80N12O17. The first kappa shape index (κ1) is 67.4. The Kier molecular flexibility index (Phi) is 32.4. The number of unbranched alkanes of at least 4 members (excludes halogenated alkanes) is 2. The maximum absolute atomic E-state index is 13.6. The lowest BCUT2D eigenvalue weighted by molar-refractivity contribution is -0.142. The van der Waals surface area contributed by atoms with Gasteiger partial charge in [0.05, 0.1) is 37.8 Å². The van der Waals surface area contributed by atoms with Crippen LogP contribution >= 0.6 is 0 Å². The van der Waals surface area contributed by atoms with E-state index in [0.717, 1.165) is 13.8 Å². The van der Waals surface area contributed by atoms with Crippen molar-refractivity contribution in [3.05, 3.63) is 0 Å². The van der Waals surface area contributed by atoms with Crippen LogP contribution in [0.3, 0.4) is 0 Å². The zero-order valence-electron chi connectivity index (χ0n) is 42.9. The van der Waals surface area contributed by atoms with Gasteiger partial charge in [0.2, 0.25) is 53.2 Å². The second-order valence-corrected chi connectivity index (χ2v) is 18.3. The molecule has 0 heterocycles. The van der Waals surface area contributed by atoms with Crippen molar-refractivity contribution < 1.29 is 83.1 Å². The summed E-state index contributed by atoms with van der Waals surface area (Å²) in [6.45, 7) is 7.88. The summed E-state index contributed by atoms with van der Waals surface area (Å²) in [5.41, 5.74) is 16.9. The maximum atomic E-state index is 13.6. The van der Waals surface area contributed by atoms with E-state index in [-0.39, 0.29) is 38.1 Å². The molecule has 422 valence electrons. The molecule has 0 rings (SSSR count). The summed E-state index contributed by atoms with van der Waals surface area (Å²) in [5, 5.41) is 69.8. The molecule has 29 nitrogen and oxygen atoms in total. The van der Waals surface area contributed by atoms with Crippen LogP contribution in [0.1, 0.15) is 112 Å². The minimum Gasteiger partial charge on any atom is -0.481 e. The number of rotatable bonds is 38. The first-order valence-electron chi connectivity index (χ1n) is 24.4. The largest absolute Gasteiger partial charge is 0.481 e. The molecule has 0 aromatic rings. The van der Waals surface area contributed by atoms with E-state index in [0.29, 0.717) is 38.6 Å². The van der Waals surface area contributed by atoms with Crippen LogP contribution in [0, 0.1) is 11.8 Å². The van der Waals surface area contributed by atoms with Gasteiger partial charge in [-0.1, -0.05) is 34.1 Å². The predicted octanol–water partition coefficient (Wildman–Crippen LogP) is -5.52. The molecule has 0 aromatic carbocycles. The second kappa shape index (κ2) is 35.6. The van der Waals surface area contributed by atoms with Gasteiger partial charge in [-0.2, -0.15) is 0 Å². The van der Waals surface area contributed by atoms with Crippen molar-refractivity contribution in [1.29, 1.82) is 0 Å². The number of aliphatic hydroxyl groups excluding tert-OH is 2. The van der Waals surface area contributed by atoms with Gasteiger partial charge in [0, 0.05) is 6.42 Å². The van der Waals surface area contributed by atoms with Crippen molar-refractivity contribution in [3.63, 3.8) is 0 Å². The number of carboxylic acids is 3. The number of hydrogen-bond donors (Lipinski definition) is 17. The Morgan fingerprint density at radius 3 is 1.39 bits per heavy atom. The number of carbonyl (C=O) groups is 12. The third-order valence-corrected chi connectivity index (χ3v) is 11.3. The fourth-order valence-corrected chi connectivity index (χ4v) is 6.87. The van der Waals surface area contributed by atoms with Gasteiger partial charge in [0.25, 0.3) is 0 Å². The molecule has 0 aromatic heterocycles. The topological polar surface area (TPSA) is 492 Å². The molecule has 0 aliphatic carbocycles. The third-order valence-electron chi connectivity index (χ3n) is 11.3. The third kappa shape index (κ3) is 26.9. The Labute approximate surface area is 429 Å². The molecule has 0 saturated carbocycles. The smallest absolute Gasteiger partial charge is 0.326 e. The molecule has 0 spiro atoms. The summed E-state index contributed by atoms with van der Waals surface area (Å²) >= 11 is 0. The molecule has 0 bridgehead atoms. The fourth-order valence-electron chi connectivity index (χ4n) is 6.87. The SMILES string of the molecule is CCC(C)C(NC(=O)C(N)CCC(=O)O)C(=O)NC(CCCCN)C(=O)NCC(=O)NC(C(=O)NC(C(=O)NC(CC(=O)O)C(=O)NC(CC(C)C)C(=O)NCC(=O)NC(CCCCN)C(=O)O)C(C)O)C(C)O. The molecule has 0 fully saturated rings. The summed E-state index contributed by atoms with van der Waals surface area (Å²) < 4.78 is 0. The molecule has 29 heteroatoms. The minimum atomic E-state index is -1.97. The summed E-state index contributed by atoms with van der Waals surface area (Å²) in [5.74, 6) is -14.0. The molecule has 9 amide bonds. The molecule has 0 radical (unpaired) electrons. The summed E-state index contributed by atoms with van der Waals surface area (Å²) in [6, 6.07) is -12.2. The van der Waals surface area contributed by atoms with Crippen LogP contribution in [0.4, 0.5) is 0 Å².